The lowest BCUT2D eigenvalue weighted by atomic mass is 10.1. The Bertz CT molecular complexity index is 1200. The number of carbonyl (C=O) groups is 2. The number of fused-ring (bicyclic) bond motifs is 1. The van der Waals surface area contributed by atoms with Crippen molar-refractivity contribution in [2.24, 2.45) is 0 Å². The molecule has 0 radical (unpaired) electrons. The first-order valence-electron chi connectivity index (χ1n) is 12.1. The highest BCUT2D eigenvalue weighted by molar-refractivity contribution is 6.14. The molecular formula is C26H30N4O5. The van der Waals surface area contributed by atoms with Gasteiger partial charge in [-0.25, -0.2) is 9.78 Å². The predicted molar refractivity (Wildman–Crippen MR) is 132 cm³/mol. The summed E-state index contributed by atoms with van der Waals surface area (Å²) in [6.07, 6.45) is 5.42. The van der Waals surface area contributed by atoms with Gasteiger partial charge in [0.1, 0.15) is 5.65 Å². The first kappa shape index (κ1) is 23.3. The number of pyridine rings is 1. The molecule has 5 rings (SSSR count). The molecule has 0 bridgehead atoms. The van der Waals surface area contributed by atoms with Crippen molar-refractivity contribution in [3.8, 4) is 0 Å². The molecule has 0 unspecified atom stereocenters. The van der Waals surface area contributed by atoms with Gasteiger partial charge in [0.05, 0.1) is 37.3 Å². The van der Waals surface area contributed by atoms with Crippen LogP contribution in [0.4, 0.5) is 11.4 Å². The number of ether oxygens (including phenoxy) is 3. The van der Waals surface area contributed by atoms with E-state index in [0.717, 1.165) is 44.6 Å². The second-order valence-electron chi connectivity index (χ2n) is 8.91. The second-order valence-corrected chi connectivity index (χ2v) is 8.91. The Kier molecular flexibility index (Phi) is 6.96. The number of anilines is 2. The Balaban J connectivity index is 1.59. The molecule has 2 aliphatic rings. The molecule has 4 heterocycles. The van der Waals surface area contributed by atoms with Gasteiger partial charge in [-0.2, -0.15) is 0 Å². The standard InChI is InChI=1S/C26H30N4O5/c1-33-26(32)23-22(29-25(31)17-6-3-2-4-7-17)21-14-19(28-18-9-12-34-13-10-18)15-27-24(21)30(23)16-20-8-5-11-35-20/h2-4,6-7,14-15,18,20,28H,5,8-13,16H2,1H3,(H,29,31)/t20-/m1/s1. The van der Waals surface area contributed by atoms with Crippen molar-refractivity contribution in [2.45, 2.75) is 44.4 Å². The Morgan fingerprint density at radius 3 is 2.66 bits per heavy atom. The third-order valence-corrected chi connectivity index (χ3v) is 6.55. The number of esters is 1. The minimum absolute atomic E-state index is 0.0338. The van der Waals surface area contributed by atoms with E-state index in [1.807, 2.05) is 16.7 Å². The van der Waals surface area contributed by atoms with Crippen molar-refractivity contribution in [1.29, 1.82) is 0 Å². The van der Waals surface area contributed by atoms with E-state index in [4.69, 9.17) is 19.2 Å². The van der Waals surface area contributed by atoms with E-state index in [9.17, 15) is 9.59 Å². The number of benzene rings is 1. The van der Waals surface area contributed by atoms with Gasteiger partial charge >= 0.3 is 5.97 Å². The first-order valence-corrected chi connectivity index (χ1v) is 12.1. The summed E-state index contributed by atoms with van der Waals surface area (Å²) in [6.45, 7) is 2.58. The number of hydrogen-bond acceptors (Lipinski definition) is 7. The van der Waals surface area contributed by atoms with Crippen molar-refractivity contribution in [3.05, 3.63) is 53.9 Å². The molecule has 9 heteroatoms. The zero-order chi connectivity index (χ0) is 24.2. The average molecular weight is 479 g/mol. The maximum absolute atomic E-state index is 13.1. The van der Waals surface area contributed by atoms with E-state index in [2.05, 4.69) is 10.6 Å². The lowest BCUT2D eigenvalue weighted by molar-refractivity contribution is 0.0580. The molecule has 1 amide bonds. The summed E-state index contributed by atoms with van der Waals surface area (Å²) >= 11 is 0. The van der Waals surface area contributed by atoms with Gasteiger partial charge in [-0.1, -0.05) is 18.2 Å². The molecule has 9 nitrogen and oxygen atoms in total. The fourth-order valence-corrected chi connectivity index (χ4v) is 4.76. The quantitative estimate of drug-likeness (QED) is 0.497. The molecule has 2 fully saturated rings. The monoisotopic (exact) mass is 478 g/mol. The fraction of sp³-hybridized carbons (Fsp3) is 0.423. The van der Waals surface area contributed by atoms with Crippen LogP contribution in [0.3, 0.4) is 0 Å². The molecular weight excluding hydrogens is 448 g/mol. The largest absolute Gasteiger partial charge is 0.464 e. The average Bonchev–Trinajstić information content (AvgIpc) is 3.51. The second kappa shape index (κ2) is 10.5. The highest BCUT2D eigenvalue weighted by atomic mass is 16.5. The van der Waals surface area contributed by atoms with E-state index in [-0.39, 0.29) is 23.7 Å². The number of methoxy groups -OCH3 is 1. The smallest absolute Gasteiger partial charge is 0.356 e. The molecule has 2 saturated heterocycles. The highest BCUT2D eigenvalue weighted by Gasteiger charge is 2.29. The molecule has 0 spiro atoms. The topological polar surface area (TPSA) is 104 Å². The number of aromatic nitrogens is 2. The van der Waals surface area contributed by atoms with Crippen LogP contribution >= 0.6 is 0 Å². The first-order chi connectivity index (χ1) is 17.1. The molecule has 2 aliphatic heterocycles. The number of nitrogens with one attached hydrogen (secondary N) is 2. The zero-order valence-electron chi connectivity index (χ0n) is 19.8. The third kappa shape index (κ3) is 5.01. The third-order valence-electron chi connectivity index (χ3n) is 6.55. The van der Waals surface area contributed by atoms with Crippen LogP contribution < -0.4 is 10.6 Å². The molecule has 2 N–H and O–H groups in total. The van der Waals surface area contributed by atoms with Crippen molar-refractivity contribution < 1.29 is 23.8 Å². The molecule has 1 atom stereocenters. The van der Waals surface area contributed by atoms with Gasteiger partial charge in [0.25, 0.3) is 5.91 Å². The maximum Gasteiger partial charge on any atom is 0.356 e. The van der Waals surface area contributed by atoms with Crippen molar-refractivity contribution in [3.63, 3.8) is 0 Å². The summed E-state index contributed by atoms with van der Waals surface area (Å²) < 4.78 is 18.3. The SMILES string of the molecule is COC(=O)c1c(NC(=O)c2ccccc2)c2cc(NC3CCOCC3)cnc2n1C[C@H]1CCCO1. The summed E-state index contributed by atoms with van der Waals surface area (Å²) in [7, 11) is 1.34. The summed E-state index contributed by atoms with van der Waals surface area (Å²) in [5.74, 6) is -0.849. The van der Waals surface area contributed by atoms with Gasteiger partial charge in [-0.15, -0.1) is 0 Å². The van der Waals surface area contributed by atoms with Crippen LogP contribution in [-0.4, -0.2) is 60.5 Å². The summed E-state index contributed by atoms with van der Waals surface area (Å²) in [4.78, 5) is 30.9. The number of amides is 1. The van der Waals surface area contributed by atoms with Crippen molar-refractivity contribution >= 4 is 34.3 Å². The minimum Gasteiger partial charge on any atom is -0.464 e. The highest BCUT2D eigenvalue weighted by Crippen LogP contribution is 2.34. The zero-order valence-corrected chi connectivity index (χ0v) is 19.8. The van der Waals surface area contributed by atoms with Gasteiger partial charge in [-0.3, -0.25) is 4.79 Å². The van der Waals surface area contributed by atoms with E-state index in [0.29, 0.717) is 35.4 Å². The molecule has 184 valence electrons. The lowest BCUT2D eigenvalue weighted by Gasteiger charge is -2.24. The number of hydrogen-bond donors (Lipinski definition) is 2. The van der Waals surface area contributed by atoms with Gasteiger partial charge < -0.3 is 29.4 Å². The summed E-state index contributed by atoms with van der Waals surface area (Å²) in [5.41, 5.74) is 2.57. The Hall–Kier alpha value is -3.43. The minimum atomic E-state index is -0.539. The van der Waals surface area contributed by atoms with Gasteiger partial charge in [0.2, 0.25) is 0 Å². The van der Waals surface area contributed by atoms with Gasteiger partial charge in [0.15, 0.2) is 5.69 Å². The number of carbonyl (C=O) groups excluding carboxylic acids is 2. The van der Waals surface area contributed by atoms with Crippen LogP contribution in [-0.2, 0) is 20.8 Å². The molecule has 3 aromatic rings. The van der Waals surface area contributed by atoms with Crippen molar-refractivity contribution in [2.75, 3.05) is 37.6 Å². The van der Waals surface area contributed by atoms with Crippen LogP contribution in [0, 0.1) is 0 Å². The molecule has 0 aliphatic carbocycles. The Labute approximate surface area is 203 Å². The van der Waals surface area contributed by atoms with Crippen LogP contribution in [0.25, 0.3) is 11.0 Å². The van der Waals surface area contributed by atoms with E-state index < -0.39 is 5.97 Å². The molecule has 0 saturated carbocycles. The predicted octanol–water partition coefficient (Wildman–Crippen LogP) is 3.85. The van der Waals surface area contributed by atoms with Crippen molar-refractivity contribution in [1.82, 2.24) is 9.55 Å². The van der Waals surface area contributed by atoms with E-state index >= 15 is 0 Å². The van der Waals surface area contributed by atoms with Gasteiger partial charge in [0, 0.05) is 36.8 Å². The molecule has 2 aromatic heterocycles. The summed E-state index contributed by atoms with van der Waals surface area (Å²) in [6, 6.07) is 11.1. The van der Waals surface area contributed by atoms with Crippen LogP contribution in [0.15, 0.2) is 42.6 Å². The molecule has 1 aromatic carbocycles. The summed E-state index contributed by atoms with van der Waals surface area (Å²) in [5, 5.41) is 7.17. The number of nitrogens with zero attached hydrogens (tertiary/aromatic N) is 2. The van der Waals surface area contributed by atoms with Crippen LogP contribution in [0.2, 0.25) is 0 Å². The normalized spacial score (nSPS) is 18.5. The Morgan fingerprint density at radius 2 is 1.94 bits per heavy atom. The van der Waals surface area contributed by atoms with Crippen LogP contribution in [0.5, 0.6) is 0 Å². The van der Waals surface area contributed by atoms with E-state index in [1.165, 1.54) is 7.11 Å². The maximum atomic E-state index is 13.1. The lowest BCUT2D eigenvalue weighted by Crippen LogP contribution is -2.27. The van der Waals surface area contributed by atoms with E-state index in [1.54, 1.807) is 30.5 Å². The molecule has 35 heavy (non-hydrogen) atoms. The fourth-order valence-electron chi connectivity index (χ4n) is 4.76. The van der Waals surface area contributed by atoms with Crippen LogP contribution in [0.1, 0.15) is 46.5 Å². The van der Waals surface area contributed by atoms with Gasteiger partial charge in [-0.05, 0) is 43.9 Å². The number of rotatable bonds is 7. The Morgan fingerprint density at radius 1 is 1.14 bits per heavy atom.